The molecule has 1 fully saturated rings. The number of halogens is 1. The average Bonchev–Trinajstić information content (AvgIpc) is 2.37. The second kappa shape index (κ2) is 10.5. The van der Waals surface area contributed by atoms with Gasteiger partial charge in [0.1, 0.15) is 0 Å². The van der Waals surface area contributed by atoms with Gasteiger partial charge in [-0.1, -0.05) is 27.7 Å². The maximum atomic E-state index is 12.6. The largest absolute Gasteiger partial charge is 0.341 e. The van der Waals surface area contributed by atoms with Crippen LogP contribution in [-0.4, -0.2) is 54.5 Å². The monoisotopic (exact) mass is 333 g/mol. The molecule has 1 unspecified atom stereocenters. The number of hydrogen-bond donors (Lipinski definition) is 1. The number of rotatable bonds is 7. The zero-order valence-corrected chi connectivity index (χ0v) is 15.9. The van der Waals surface area contributed by atoms with Crippen molar-refractivity contribution in [1.82, 2.24) is 9.80 Å². The minimum absolute atomic E-state index is 0. The first-order chi connectivity index (χ1) is 9.79. The lowest BCUT2D eigenvalue weighted by Crippen LogP contribution is -2.47. The fourth-order valence-corrected chi connectivity index (χ4v) is 3.09. The zero-order valence-electron chi connectivity index (χ0n) is 15.0. The van der Waals surface area contributed by atoms with Gasteiger partial charge in [0.05, 0.1) is 6.54 Å². The normalized spacial score (nSPS) is 18.4. The number of amides is 1. The smallest absolute Gasteiger partial charge is 0.236 e. The van der Waals surface area contributed by atoms with Crippen molar-refractivity contribution >= 4 is 18.3 Å². The van der Waals surface area contributed by atoms with Gasteiger partial charge < -0.3 is 10.6 Å². The lowest BCUT2D eigenvalue weighted by molar-refractivity contribution is -0.133. The van der Waals surface area contributed by atoms with Crippen molar-refractivity contribution in [2.24, 2.45) is 23.5 Å². The molecule has 132 valence electrons. The summed E-state index contributed by atoms with van der Waals surface area (Å²) in [6, 6.07) is 0.279. The second-order valence-electron chi connectivity index (χ2n) is 7.56. The van der Waals surface area contributed by atoms with E-state index in [1.807, 2.05) is 4.90 Å². The Hall–Kier alpha value is -0.320. The van der Waals surface area contributed by atoms with E-state index >= 15 is 0 Å². The van der Waals surface area contributed by atoms with Crippen LogP contribution in [0.25, 0.3) is 0 Å². The zero-order chi connectivity index (χ0) is 16.0. The Morgan fingerprint density at radius 1 is 1.09 bits per heavy atom. The summed E-state index contributed by atoms with van der Waals surface area (Å²) in [5, 5.41) is 0. The summed E-state index contributed by atoms with van der Waals surface area (Å²) in [5.74, 6) is 1.96. The first kappa shape index (κ1) is 21.7. The van der Waals surface area contributed by atoms with Gasteiger partial charge in [0.25, 0.3) is 0 Å². The van der Waals surface area contributed by atoms with Gasteiger partial charge in [0.15, 0.2) is 0 Å². The summed E-state index contributed by atoms with van der Waals surface area (Å²) in [7, 11) is 0. The Kier molecular flexibility index (Phi) is 10.3. The molecule has 0 aliphatic carbocycles. The number of nitrogens with zero attached hydrogens (tertiary/aromatic N) is 2. The average molecular weight is 334 g/mol. The minimum atomic E-state index is 0. The van der Waals surface area contributed by atoms with E-state index in [9.17, 15) is 4.79 Å². The molecular formula is C17H36ClN3O. The van der Waals surface area contributed by atoms with Crippen LogP contribution in [0.3, 0.4) is 0 Å². The van der Waals surface area contributed by atoms with E-state index in [0.29, 0.717) is 24.3 Å². The molecule has 0 spiro atoms. The molecule has 0 aromatic carbocycles. The van der Waals surface area contributed by atoms with Crippen molar-refractivity contribution in [2.45, 2.75) is 53.5 Å². The van der Waals surface area contributed by atoms with Crippen molar-refractivity contribution in [3.05, 3.63) is 0 Å². The molecule has 2 N–H and O–H groups in total. The third-order valence-corrected chi connectivity index (χ3v) is 4.26. The summed E-state index contributed by atoms with van der Waals surface area (Å²) in [4.78, 5) is 16.9. The van der Waals surface area contributed by atoms with Gasteiger partial charge in [-0.2, -0.15) is 0 Å². The summed E-state index contributed by atoms with van der Waals surface area (Å²) in [5.41, 5.74) is 5.98. The molecule has 0 saturated carbocycles. The van der Waals surface area contributed by atoms with Crippen molar-refractivity contribution in [3.63, 3.8) is 0 Å². The van der Waals surface area contributed by atoms with Crippen LogP contribution in [0, 0.1) is 17.8 Å². The van der Waals surface area contributed by atoms with Crippen LogP contribution in [0.2, 0.25) is 0 Å². The number of carbonyl (C=O) groups is 1. The predicted molar refractivity (Wildman–Crippen MR) is 96.3 cm³/mol. The van der Waals surface area contributed by atoms with Crippen LogP contribution < -0.4 is 5.73 Å². The van der Waals surface area contributed by atoms with Gasteiger partial charge in [-0.15, -0.1) is 12.4 Å². The van der Waals surface area contributed by atoms with Gasteiger partial charge in [0, 0.05) is 19.1 Å². The first-order valence-corrected chi connectivity index (χ1v) is 8.55. The predicted octanol–water partition coefficient (Wildman–Crippen LogP) is 2.61. The Bertz CT molecular complexity index is 303. The molecule has 1 rings (SSSR count). The maximum absolute atomic E-state index is 12.6. The standard InChI is InChI=1S/C17H35N3O.ClH/c1-13(2)10-20(11-14(3)4)17(21)12-19-8-6-16(7-9-19)15(5)18;/h13-16H,6-12,18H2,1-5H3;1H. The molecule has 1 heterocycles. The van der Waals surface area contributed by atoms with Crippen molar-refractivity contribution in [3.8, 4) is 0 Å². The Morgan fingerprint density at radius 2 is 1.55 bits per heavy atom. The SMILES string of the molecule is CC(C)CN(CC(C)C)C(=O)CN1CCC(C(C)N)CC1.Cl. The van der Waals surface area contributed by atoms with Gasteiger partial charge in [0.2, 0.25) is 5.91 Å². The Balaban J connectivity index is 0.00000441. The highest BCUT2D eigenvalue weighted by Crippen LogP contribution is 2.19. The number of nitrogens with two attached hydrogens (primary N) is 1. The quantitative estimate of drug-likeness (QED) is 0.779. The molecule has 0 bridgehead atoms. The lowest BCUT2D eigenvalue weighted by atomic mass is 9.91. The van der Waals surface area contributed by atoms with Gasteiger partial charge in [-0.05, 0) is 50.6 Å². The molecule has 1 amide bonds. The molecule has 0 aromatic rings. The van der Waals surface area contributed by atoms with Crippen molar-refractivity contribution < 1.29 is 4.79 Å². The van der Waals surface area contributed by atoms with E-state index in [1.165, 1.54) is 0 Å². The van der Waals surface area contributed by atoms with E-state index in [1.54, 1.807) is 0 Å². The van der Waals surface area contributed by atoms with Crippen LogP contribution in [0.1, 0.15) is 47.5 Å². The van der Waals surface area contributed by atoms with Gasteiger partial charge >= 0.3 is 0 Å². The van der Waals surface area contributed by atoms with E-state index in [4.69, 9.17) is 5.73 Å². The molecule has 0 aromatic heterocycles. The molecule has 1 atom stereocenters. The molecule has 5 heteroatoms. The third kappa shape index (κ3) is 7.80. The van der Waals surface area contributed by atoms with Crippen molar-refractivity contribution in [2.75, 3.05) is 32.7 Å². The highest BCUT2D eigenvalue weighted by Gasteiger charge is 2.25. The number of likely N-dealkylation sites (tertiary alicyclic amines) is 1. The Morgan fingerprint density at radius 3 is 1.91 bits per heavy atom. The fraction of sp³-hybridized carbons (Fsp3) is 0.941. The summed E-state index contributed by atoms with van der Waals surface area (Å²) in [6.45, 7) is 15.1. The topological polar surface area (TPSA) is 49.6 Å². The fourth-order valence-electron chi connectivity index (χ4n) is 3.09. The van der Waals surface area contributed by atoms with Crippen LogP contribution in [-0.2, 0) is 4.79 Å². The van der Waals surface area contributed by atoms with E-state index < -0.39 is 0 Å². The summed E-state index contributed by atoms with van der Waals surface area (Å²) >= 11 is 0. The highest BCUT2D eigenvalue weighted by molar-refractivity contribution is 5.85. The lowest BCUT2D eigenvalue weighted by Gasteiger charge is -2.35. The van der Waals surface area contributed by atoms with Gasteiger partial charge in [-0.25, -0.2) is 0 Å². The highest BCUT2D eigenvalue weighted by atomic mass is 35.5. The minimum Gasteiger partial charge on any atom is -0.341 e. The molecule has 1 aliphatic heterocycles. The molecule has 0 radical (unpaired) electrons. The van der Waals surface area contributed by atoms with E-state index in [0.717, 1.165) is 39.0 Å². The summed E-state index contributed by atoms with van der Waals surface area (Å²) in [6.07, 6.45) is 2.25. The third-order valence-electron chi connectivity index (χ3n) is 4.26. The molecule has 1 aliphatic rings. The second-order valence-corrected chi connectivity index (χ2v) is 7.56. The van der Waals surface area contributed by atoms with E-state index in [2.05, 4.69) is 39.5 Å². The number of hydrogen-bond acceptors (Lipinski definition) is 3. The van der Waals surface area contributed by atoms with Crippen LogP contribution in [0.5, 0.6) is 0 Å². The summed E-state index contributed by atoms with van der Waals surface area (Å²) < 4.78 is 0. The molecule has 1 saturated heterocycles. The van der Waals surface area contributed by atoms with Crippen molar-refractivity contribution in [1.29, 1.82) is 0 Å². The van der Waals surface area contributed by atoms with Gasteiger partial charge in [-0.3, -0.25) is 9.69 Å². The van der Waals surface area contributed by atoms with Crippen LogP contribution in [0.4, 0.5) is 0 Å². The maximum Gasteiger partial charge on any atom is 0.236 e. The molecular weight excluding hydrogens is 298 g/mol. The number of carbonyl (C=O) groups excluding carboxylic acids is 1. The number of piperidine rings is 1. The molecule has 4 nitrogen and oxygen atoms in total. The van der Waals surface area contributed by atoms with E-state index in [-0.39, 0.29) is 24.4 Å². The van der Waals surface area contributed by atoms with Crippen LogP contribution >= 0.6 is 12.4 Å². The van der Waals surface area contributed by atoms with Crippen LogP contribution in [0.15, 0.2) is 0 Å². The first-order valence-electron chi connectivity index (χ1n) is 8.55. The molecule has 22 heavy (non-hydrogen) atoms. The Labute approximate surface area is 143 Å².